The van der Waals surface area contributed by atoms with Crippen LogP contribution in [0.4, 0.5) is 11.4 Å². The highest BCUT2D eigenvalue weighted by atomic mass is 16.5. The molecule has 0 amide bonds. The fourth-order valence-electron chi connectivity index (χ4n) is 2.08. The van der Waals surface area contributed by atoms with E-state index in [4.69, 9.17) is 10.5 Å². The van der Waals surface area contributed by atoms with Crippen molar-refractivity contribution in [3.05, 3.63) is 18.2 Å². The number of nitrogens with zero attached hydrogens (tertiary/aromatic N) is 1. The van der Waals surface area contributed by atoms with Crippen LogP contribution in [-0.4, -0.2) is 20.2 Å². The van der Waals surface area contributed by atoms with E-state index in [1.807, 2.05) is 18.2 Å². The van der Waals surface area contributed by atoms with Gasteiger partial charge in [0, 0.05) is 19.2 Å². The summed E-state index contributed by atoms with van der Waals surface area (Å²) >= 11 is 0. The normalized spacial score (nSPS) is 11.1. The van der Waals surface area contributed by atoms with Gasteiger partial charge in [-0.05, 0) is 24.0 Å². The maximum atomic E-state index is 6.10. The molecule has 2 N–H and O–H groups in total. The smallest absolute Gasteiger partial charge is 0.121 e. The van der Waals surface area contributed by atoms with Crippen molar-refractivity contribution >= 4 is 11.4 Å². The third-order valence-corrected chi connectivity index (χ3v) is 2.75. The SMILES string of the molecule is COc1ccc(N)c(N(CC(C)C)CC(C)C)c1. The Kier molecular flexibility index (Phi) is 5.32. The van der Waals surface area contributed by atoms with Crippen molar-refractivity contribution in [3.63, 3.8) is 0 Å². The van der Waals surface area contributed by atoms with Crippen LogP contribution in [0.15, 0.2) is 18.2 Å². The molecule has 1 aromatic carbocycles. The predicted octanol–water partition coefficient (Wildman–Crippen LogP) is 3.40. The molecule has 0 heterocycles. The fourth-order valence-corrected chi connectivity index (χ4v) is 2.08. The van der Waals surface area contributed by atoms with Crippen LogP contribution in [0.1, 0.15) is 27.7 Å². The Morgan fingerprint density at radius 2 is 1.67 bits per heavy atom. The Morgan fingerprint density at radius 1 is 1.11 bits per heavy atom. The lowest BCUT2D eigenvalue weighted by atomic mass is 10.1. The van der Waals surface area contributed by atoms with E-state index in [0.29, 0.717) is 11.8 Å². The molecule has 1 rings (SSSR count). The first-order valence-electron chi connectivity index (χ1n) is 6.62. The summed E-state index contributed by atoms with van der Waals surface area (Å²) in [6.07, 6.45) is 0. The summed E-state index contributed by atoms with van der Waals surface area (Å²) in [5, 5.41) is 0. The zero-order chi connectivity index (χ0) is 13.7. The van der Waals surface area contributed by atoms with Gasteiger partial charge in [-0.15, -0.1) is 0 Å². The molecule has 0 atom stereocenters. The van der Waals surface area contributed by atoms with Gasteiger partial charge in [-0.2, -0.15) is 0 Å². The number of ether oxygens (including phenoxy) is 1. The van der Waals surface area contributed by atoms with E-state index in [-0.39, 0.29) is 0 Å². The lowest BCUT2D eigenvalue weighted by molar-refractivity contribution is 0.414. The van der Waals surface area contributed by atoms with Crippen LogP contribution < -0.4 is 15.4 Å². The average molecular weight is 250 g/mol. The number of hydrogen-bond acceptors (Lipinski definition) is 3. The minimum atomic E-state index is 0.606. The maximum absolute atomic E-state index is 6.10. The predicted molar refractivity (Wildman–Crippen MR) is 79.3 cm³/mol. The van der Waals surface area contributed by atoms with Crippen molar-refractivity contribution in [3.8, 4) is 5.75 Å². The molecule has 0 saturated heterocycles. The summed E-state index contributed by atoms with van der Waals surface area (Å²) < 4.78 is 5.29. The van der Waals surface area contributed by atoms with Gasteiger partial charge in [0.2, 0.25) is 0 Å². The summed E-state index contributed by atoms with van der Waals surface area (Å²) in [4.78, 5) is 2.35. The Morgan fingerprint density at radius 3 is 2.11 bits per heavy atom. The van der Waals surface area contributed by atoms with Gasteiger partial charge in [0.05, 0.1) is 18.5 Å². The number of benzene rings is 1. The van der Waals surface area contributed by atoms with Crippen molar-refractivity contribution in [2.24, 2.45) is 11.8 Å². The van der Waals surface area contributed by atoms with E-state index in [1.54, 1.807) is 7.11 Å². The summed E-state index contributed by atoms with van der Waals surface area (Å²) in [6.45, 7) is 10.9. The van der Waals surface area contributed by atoms with Crippen molar-refractivity contribution < 1.29 is 4.74 Å². The highest BCUT2D eigenvalue weighted by Crippen LogP contribution is 2.29. The van der Waals surface area contributed by atoms with Gasteiger partial charge < -0.3 is 15.4 Å². The van der Waals surface area contributed by atoms with Gasteiger partial charge in [0.1, 0.15) is 5.75 Å². The second kappa shape index (κ2) is 6.53. The number of methoxy groups -OCH3 is 1. The van der Waals surface area contributed by atoms with Crippen LogP contribution in [-0.2, 0) is 0 Å². The molecule has 0 aliphatic rings. The molecular weight excluding hydrogens is 224 g/mol. The lowest BCUT2D eigenvalue weighted by Gasteiger charge is -2.29. The molecule has 0 aliphatic heterocycles. The Hall–Kier alpha value is -1.38. The zero-order valence-corrected chi connectivity index (χ0v) is 12.2. The molecule has 0 unspecified atom stereocenters. The van der Waals surface area contributed by atoms with E-state index in [1.165, 1.54) is 0 Å². The van der Waals surface area contributed by atoms with Gasteiger partial charge in [0.25, 0.3) is 0 Å². The molecule has 0 aliphatic carbocycles. The van der Waals surface area contributed by atoms with E-state index in [9.17, 15) is 0 Å². The minimum absolute atomic E-state index is 0.606. The van der Waals surface area contributed by atoms with Gasteiger partial charge in [-0.1, -0.05) is 27.7 Å². The number of anilines is 2. The molecular formula is C15H26N2O. The first-order valence-corrected chi connectivity index (χ1v) is 6.62. The monoisotopic (exact) mass is 250 g/mol. The minimum Gasteiger partial charge on any atom is -0.497 e. The Bertz CT molecular complexity index is 365. The third-order valence-electron chi connectivity index (χ3n) is 2.75. The Balaban J connectivity index is 3.02. The zero-order valence-electron chi connectivity index (χ0n) is 12.2. The van der Waals surface area contributed by atoms with Gasteiger partial charge in [0.15, 0.2) is 0 Å². The standard InChI is InChI=1S/C15H26N2O/c1-11(2)9-17(10-12(3)4)15-8-13(18-5)6-7-14(15)16/h6-8,11-12H,9-10,16H2,1-5H3. The topological polar surface area (TPSA) is 38.5 Å². The van der Waals surface area contributed by atoms with Crippen LogP contribution in [0.2, 0.25) is 0 Å². The highest BCUT2D eigenvalue weighted by molar-refractivity contribution is 5.69. The quantitative estimate of drug-likeness (QED) is 0.786. The Labute approximate surface area is 111 Å². The summed E-state index contributed by atoms with van der Waals surface area (Å²) in [5.74, 6) is 2.07. The average Bonchev–Trinajstić information content (AvgIpc) is 2.27. The van der Waals surface area contributed by atoms with Crippen molar-refractivity contribution in [1.29, 1.82) is 0 Å². The molecule has 3 heteroatoms. The van der Waals surface area contributed by atoms with E-state index < -0.39 is 0 Å². The summed E-state index contributed by atoms with van der Waals surface area (Å²) in [5.41, 5.74) is 8.00. The molecule has 0 radical (unpaired) electrons. The molecule has 18 heavy (non-hydrogen) atoms. The summed E-state index contributed by atoms with van der Waals surface area (Å²) in [7, 11) is 1.69. The second-order valence-electron chi connectivity index (χ2n) is 5.62. The second-order valence-corrected chi connectivity index (χ2v) is 5.62. The first kappa shape index (κ1) is 14.7. The van der Waals surface area contributed by atoms with Gasteiger partial charge >= 0.3 is 0 Å². The molecule has 0 bridgehead atoms. The summed E-state index contributed by atoms with van der Waals surface area (Å²) in [6, 6.07) is 5.85. The molecule has 0 saturated carbocycles. The molecule has 3 nitrogen and oxygen atoms in total. The molecule has 0 aromatic heterocycles. The van der Waals surface area contributed by atoms with Crippen LogP contribution in [0.5, 0.6) is 5.75 Å². The first-order chi connectivity index (χ1) is 8.43. The lowest BCUT2D eigenvalue weighted by Crippen LogP contribution is -2.31. The van der Waals surface area contributed by atoms with Crippen molar-refractivity contribution in [2.45, 2.75) is 27.7 Å². The van der Waals surface area contributed by atoms with Gasteiger partial charge in [-0.25, -0.2) is 0 Å². The third kappa shape index (κ3) is 4.13. The van der Waals surface area contributed by atoms with Crippen LogP contribution in [0, 0.1) is 11.8 Å². The van der Waals surface area contributed by atoms with Gasteiger partial charge in [-0.3, -0.25) is 0 Å². The van der Waals surface area contributed by atoms with Crippen molar-refractivity contribution in [1.82, 2.24) is 0 Å². The molecule has 1 aromatic rings. The van der Waals surface area contributed by atoms with Crippen LogP contribution >= 0.6 is 0 Å². The van der Waals surface area contributed by atoms with E-state index in [2.05, 4.69) is 32.6 Å². The number of hydrogen-bond donors (Lipinski definition) is 1. The number of nitrogen functional groups attached to an aromatic ring is 1. The van der Waals surface area contributed by atoms with Crippen LogP contribution in [0.25, 0.3) is 0 Å². The molecule has 102 valence electrons. The highest BCUT2D eigenvalue weighted by Gasteiger charge is 2.14. The maximum Gasteiger partial charge on any atom is 0.121 e. The van der Waals surface area contributed by atoms with Crippen LogP contribution in [0.3, 0.4) is 0 Å². The number of nitrogens with two attached hydrogens (primary N) is 1. The molecule has 0 fully saturated rings. The molecule has 0 spiro atoms. The van der Waals surface area contributed by atoms with E-state index >= 15 is 0 Å². The number of rotatable bonds is 6. The van der Waals surface area contributed by atoms with Crippen molar-refractivity contribution in [2.75, 3.05) is 30.8 Å². The van der Waals surface area contributed by atoms with E-state index in [0.717, 1.165) is 30.2 Å². The fraction of sp³-hybridized carbons (Fsp3) is 0.600. The largest absolute Gasteiger partial charge is 0.497 e.